The smallest absolute Gasteiger partial charge is 0.285 e. The van der Waals surface area contributed by atoms with Gasteiger partial charge in [0.05, 0.1) is 29.5 Å². The van der Waals surface area contributed by atoms with Crippen molar-refractivity contribution < 1.29 is 18.8 Å². The quantitative estimate of drug-likeness (QED) is 0.360. The summed E-state index contributed by atoms with van der Waals surface area (Å²) < 4.78 is 18.9. The number of aromatic nitrogens is 2. The Morgan fingerprint density at radius 1 is 1.28 bits per heavy atom. The summed E-state index contributed by atoms with van der Waals surface area (Å²) in [4.78, 5) is 18.2. The molecule has 32 heavy (non-hydrogen) atoms. The minimum atomic E-state index is -0.470. The Morgan fingerprint density at radius 3 is 2.69 bits per heavy atom. The minimum absolute atomic E-state index is 0.274. The van der Waals surface area contributed by atoms with Gasteiger partial charge in [-0.15, -0.1) is 6.58 Å². The van der Waals surface area contributed by atoms with Crippen molar-refractivity contribution in [2.24, 2.45) is 4.99 Å². The third kappa shape index (κ3) is 3.83. The molecular weight excluding hydrogens is 450 g/mol. The largest absolute Gasteiger partial charge is 0.493 e. The highest BCUT2D eigenvalue weighted by atomic mass is 35.5. The molecule has 9 heteroatoms. The van der Waals surface area contributed by atoms with Crippen molar-refractivity contribution in [3.8, 4) is 22.8 Å². The van der Waals surface area contributed by atoms with Gasteiger partial charge in [0.2, 0.25) is 0 Å². The van der Waals surface area contributed by atoms with Gasteiger partial charge in [0, 0.05) is 24.2 Å². The molecule has 4 aromatic rings. The highest BCUT2D eigenvalue weighted by Crippen LogP contribution is 2.34. The van der Waals surface area contributed by atoms with Gasteiger partial charge < -0.3 is 18.6 Å². The van der Waals surface area contributed by atoms with Gasteiger partial charge in [-0.1, -0.05) is 52.4 Å². The summed E-state index contributed by atoms with van der Waals surface area (Å²) in [5.74, 6) is 1.08. The van der Waals surface area contributed by atoms with E-state index in [1.807, 2.05) is 28.8 Å². The Bertz CT molecular complexity index is 1400. The molecule has 0 aliphatic carbocycles. The van der Waals surface area contributed by atoms with Crippen LogP contribution in [0.5, 0.6) is 11.5 Å². The van der Waals surface area contributed by atoms with Crippen LogP contribution < -0.4 is 14.3 Å². The van der Waals surface area contributed by atoms with E-state index in [4.69, 9.17) is 25.6 Å². The number of fused-ring (bicyclic) bond motifs is 1. The summed E-state index contributed by atoms with van der Waals surface area (Å²) in [5, 5.41) is 4.53. The first-order valence-corrected chi connectivity index (χ1v) is 10.8. The number of nitrogens with zero attached hydrogens (tertiary/aromatic N) is 3. The molecule has 0 spiro atoms. The van der Waals surface area contributed by atoms with E-state index < -0.39 is 5.91 Å². The maximum Gasteiger partial charge on any atom is 0.285 e. The van der Waals surface area contributed by atoms with Gasteiger partial charge in [0.1, 0.15) is 17.0 Å². The molecule has 0 bridgehead atoms. The second-order valence-corrected chi connectivity index (χ2v) is 8.23. The van der Waals surface area contributed by atoms with Crippen LogP contribution in [0.1, 0.15) is 16.1 Å². The first-order valence-electron chi connectivity index (χ1n) is 9.65. The monoisotopic (exact) mass is 469 g/mol. The van der Waals surface area contributed by atoms with Gasteiger partial charge in [-0.2, -0.15) is 4.99 Å². The lowest BCUT2D eigenvalue weighted by molar-refractivity contribution is 0.0997. The number of ether oxygens (including phenoxy) is 2. The summed E-state index contributed by atoms with van der Waals surface area (Å²) in [6.45, 7) is 5.96. The van der Waals surface area contributed by atoms with Gasteiger partial charge in [-0.05, 0) is 13.0 Å². The molecule has 2 heterocycles. The zero-order valence-corrected chi connectivity index (χ0v) is 19.3. The number of halogens is 1. The maximum atomic E-state index is 13.3. The predicted octanol–water partition coefficient (Wildman–Crippen LogP) is 5.26. The number of allylic oxidation sites excluding steroid dienone is 1. The van der Waals surface area contributed by atoms with Crippen LogP contribution in [0.15, 0.2) is 58.6 Å². The zero-order valence-electron chi connectivity index (χ0n) is 17.7. The van der Waals surface area contributed by atoms with Crippen molar-refractivity contribution in [1.29, 1.82) is 0 Å². The first kappa shape index (κ1) is 21.9. The second kappa shape index (κ2) is 9.02. The maximum absolute atomic E-state index is 13.3. The number of carbonyl (C=O) groups is 1. The van der Waals surface area contributed by atoms with Gasteiger partial charge >= 0.3 is 0 Å². The standard InChI is InChI=1S/C23H20ClN3O4S/c1-5-10-27-16-11-17(29-3)18(30-4)12-19(16)32-23(27)25-22(28)20-13(2)31-26-21(20)14-8-6-7-9-15(14)24/h5-9,11-12H,1,10H2,2-4H3. The number of methoxy groups -OCH3 is 2. The molecule has 0 atom stereocenters. The van der Waals surface area contributed by atoms with E-state index in [1.54, 1.807) is 39.4 Å². The molecule has 1 amide bonds. The molecule has 2 aromatic heterocycles. The van der Waals surface area contributed by atoms with Crippen molar-refractivity contribution in [3.63, 3.8) is 0 Å². The average molecular weight is 470 g/mol. The van der Waals surface area contributed by atoms with E-state index in [9.17, 15) is 4.79 Å². The number of amides is 1. The molecule has 2 aromatic carbocycles. The highest BCUT2D eigenvalue weighted by molar-refractivity contribution is 7.16. The van der Waals surface area contributed by atoms with Gasteiger partial charge in [-0.3, -0.25) is 4.79 Å². The summed E-state index contributed by atoms with van der Waals surface area (Å²) >= 11 is 7.69. The molecule has 7 nitrogen and oxygen atoms in total. The average Bonchev–Trinajstić information content (AvgIpc) is 3.33. The fourth-order valence-corrected chi connectivity index (χ4v) is 4.66. The Hall–Kier alpha value is -3.36. The molecule has 0 radical (unpaired) electrons. The SMILES string of the molecule is C=CCn1c(=NC(=O)c2c(-c3ccccc3Cl)noc2C)sc2cc(OC)c(OC)cc21. The van der Waals surface area contributed by atoms with Crippen LogP contribution >= 0.6 is 22.9 Å². The number of hydrogen-bond acceptors (Lipinski definition) is 6. The summed E-state index contributed by atoms with van der Waals surface area (Å²) in [6.07, 6.45) is 1.74. The molecular formula is C23H20ClN3O4S. The molecule has 0 fully saturated rings. The second-order valence-electron chi connectivity index (χ2n) is 6.82. The molecule has 0 saturated heterocycles. The summed E-state index contributed by atoms with van der Waals surface area (Å²) in [6, 6.07) is 10.9. The van der Waals surface area contributed by atoms with E-state index >= 15 is 0 Å². The van der Waals surface area contributed by atoms with Crippen LogP contribution in [-0.4, -0.2) is 29.9 Å². The number of rotatable bonds is 6. The first-order chi connectivity index (χ1) is 15.5. The highest BCUT2D eigenvalue weighted by Gasteiger charge is 2.23. The number of hydrogen-bond donors (Lipinski definition) is 0. The van der Waals surface area contributed by atoms with Crippen molar-refractivity contribution in [1.82, 2.24) is 9.72 Å². The molecule has 0 unspecified atom stereocenters. The van der Waals surface area contributed by atoms with E-state index in [0.29, 0.717) is 44.9 Å². The van der Waals surface area contributed by atoms with Crippen LogP contribution in [0, 0.1) is 6.92 Å². The number of carbonyl (C=O) groups excluding carboxylic acids is 1. The number of thiazole rings is 1. The fraction of sp³-hybridized carbons (Fsp3) is 0.174. The van der Waals surface area contributed by atoms with Crippen LogP contribution in [0.3, 0.4) is 0 Å². The van der Waals surface area contributed by atoms with Crippen LogP contribution in [0.2, 0.25) is 5.02 Å². The van der Waals surface area contributed by atoms with Crippen molar-refractivity contribution in [2.45, 2.75) is 13.5 Å². The topological polar surface area (TPSA) is 78.9 Å². The van der Waals surface area contributed by atoms with E-state index in [0.717, 1.165) is 10.2 Å². The van der Waals surface area contributed by atoms with Crippen LogP contribution in [0.25, 0.3) is 21.5 Å². The molecule has 0 aliphatic heterocycles. The lowest BCUT2D eigenvalue weighted by Gasteiger charge is -2.08. The fourth-order valence-electron chi connectivity index (χ4n) is 3.39. The third-order valence-electron chi connectivity index (χ3n) is 4.90. The van der Waals surface area contributed by atoms with E-state index in [1.165, 1.54) is 11.3 Å². The Morgan fingerprint density at radius 2 is 2.00 bits per heavy atom. The van der Waals surface area contributed by atoms with Gasteiger partial charge in [0.15, 0.2) is 16.3 Å². The zero-order chi connectivity index (χ0) is 22.8. The Labute approximate surface area is 193 Å². The number of aryl methyl sites for hydroxylation is 1. The number of benzene rings is 2. The van der Waals surface area contributed by atoms with E-state index in [-0.39, 0.29) is 5.56 Å². The molecule has 0 aliphatic rings. The predicted molar refractivity (Wildman–Crippen MR) is 125 cm³/mol. The van der Waals surface area contributed by atoms with E-state index in [2.05, 4.69) is 16.7 Å². The molecule has 0 N–H and O–H groups in total. The summed E-state index contributed by atoms with van der Waals surface area (Å²) in [5.41, 5.74) is 2.10. The summed E-state index contributed by atoms with van der Waals surface area (Å²) in [7, 11) is 3.16. The molecule has 164 valence electrons. The van der Waals surface area contributed by atoms with Gasteiger partial charge in [-0.25, -0.2) is 0 Å². The van der Waals surface area contributed by atoms with Gasteiger partial charge in [0.25, 0.3) is 5.91 Å². The van der Waals surface area contributed by atoms with Crippen LogP contribution in [0.4, 0.5) is 0 Å². The lowest BCUT2D eigenvalue weighted by atomic mass is 10.1. The Kier molecular flexibility index (Phi) is 6.16. The third-order valence-corrected chi connectivity index (χ3v) is 6.27. The minimum Gasteiger partial charge on any atom is -0.493 e. The normalized spacial score (nSPS) is 11.7. The lowest BCUT2D eigenvalue weighted by Crippen LogP contribution is -2.16. The molecule has 4 rings (SSSR count). The van der Waals surface area contributed by atoms with Crippen molar-refractivity contribution in [2.75, 3.05) is 14.2 Å². The molecule has 0 saturated carbocycles. The van der Waals surface area contributed by atoms with Crippen LogP contribution in [-0.2, 0) is 6.54 Å². The van der Waals surface area contributed by atoms with Crippen molar-refractivity contribution >= 4 is 39.1 Å². The van der Waals surface area contributed by atoms with Crippen molar-refractivity contribution in [3.05, 3.63) is 70.2 Å². The Balaban J connectivity index is 1.90.